The molecule has 11 nitrogen and oxygen atoms in total. The average molecular weight is 547 g/mol. The summed E-state index contributed by atoms with van der Waals surface area (Å²) in [5.74, 6) is 2.29. The third kappa shape index (κ3) is 4.59. The van der Waals surface area contributed by atoms with Crippen molar-refractivity contribution in [1.29, 1.82) is 0 Å². The minimum atomic E-state index is -0.480. The molecule has 2 aromatic carbocycles. The molecule has 6 rings (SSSR count). The highest BCUT2D eigenvalue weighted by atomic mass is 19.1. The molecule has 1 unspecified atom stereocenters. The lowest BCUT2D eigenvalue weighted by Gasteiger charge is -2.32. The van der Waals surface area contributed by atoms with Crippen LogP contribution in [0.2, 0.25) is 0 Å². The number of ether oxygens (including phenoxy) is 3. The van der Waals surface area contributed by atoms with E-state index in [1.54, 1.807) is 24.8 Å². The van der Waals surface area contributed by atoms with Crippen LogP contribution in [-0.4, -0.2) is 64.2 Å². The van der Waals surface area contributed by atoms with E-state index < -0.39 is 5.82 Å². The van der Waals surface area contributed by atoms with Gasteiger partial charge in [0.15, 0.2) is 23.0 Å². The lowest BCUT2D eigenvalue weighted by atomic mass is 9.97. The highest BCUT2D eigenvalue weighted by molar-refractivity contribution is 5.93. The van der Waals surface area contributed by atoms with Crippen molar-refractivity contribution in [1.82, 2.24) is 29.8 Å². The maximum Gasteiger partial charge on any atom is 0.226 e. The van der Waals surface area contributed by atoms with Gasteiger partial charge in [0.05, 0.1) is 44.4 Å². The molecule has 0 amide bonds. The Hall–Kier alpha value is -4.61. The van der Waals surface area contributed by atoms with Crippen LogP contribution in [0, 0.1) is 12.7 Å². The Morgan fingerprint density at radius 3 is 2.67 bits per heavy atom. The van der Waals surface area contributed by atoms with E-state index >= 15 is 0 Å². The van der Waals surface area contributed by atoms with Gasteiger partial charge in [-0.25, -0.2) is 14.4 Å². The molecule has 1 atom stereocenters. The summed E-state index contributed by atoms with van der Waals surface area (Å²) >= 11 is 0. The third-order valence-electron chi connectivity index (χ3n) is 7.42. The van der Waals surface area contributed by atoms with Gasteiger partial charge in [0.25, 0.3) is 0 Å². The Kier molecular flexibility index (Phi) is 6.74. The highest BCUT2D eigenvalue weighted by Crippen LogP contribution is 2.33. The average Bonchev–Trinajstić information content (AvgIpc) is 3.63. The van der Waals surface area contributed by atoms with Crippen LogP contribution in [-0.2, 0) is 6.54 Å². The topological polar surface area (TPSA) is 115 Å². The minimum absolute atomic E-state index is 0.0932. The Morgan fingerprint density at radius 2 is 1.93 bits per heavy atom. The second kappa shape index (κ2) is 10.5. The molecular formula is C28H31FN8O3. The van der Waals surface area contributed by atoms with Gasteiger partial charge >= 0.3 is 0 Å². The number of halogens is 1. The first-order chi connectivity index (χ1) is 19.5. The summed E-state index contributed by atoms with van der Waals surface area (Å²) in [7, 11) is 4.67. The lowest BCUT2D eigenvalue weighted by Crippen LogP contribution is -2.35. The fourth-order valence-electron chi connectivity index (χ4n) is 5.31. The lowest BCUT2D eigenvalue weighted by molar-refractivity contribution is 0.387. The number of rotatable bonds is 8. The number of benzene rings is 2. The molecule has 1 saturated heterocycles. The maximum atomic E-state index is 14.8. The van der Waals surface area contributed by atoms with Crippen LogP contribution >= 0.6 is 0 Å². The van der Waals surface area contributed by atoms with E-state index in [0.717, 1.165) is 42.9 Å². The standard InChI is InChI=1S/C28H31FN8O3/c1-16-23(14-31-34-16)36-9-5-6-18(15-36)26-33-27-20-11-21(29)25(40-4)12-22(20)32-28(37(27)35-26)30-13-17-7-8-19(38-2)10-24(17)39-3/h7-8,10-12,14,18H,5-6,9,13,15H2,1-4H3,(H,30,32)(H,31,34). The smallest absolute Gasteiger partial charge is 0.226 e. The second-order valence-electron chi connectivity index (χ2n) is 9.84. The number of nitrogens with zero attached hydrogens (tertiary/aromatic N) is 6. The number of aromatic amines is 1. The van der Waals surface area contributed by atoms with E-state index in [2.05, 4.69) is 20.4 Å². The van der Waals surface area contributed by atoms with Gasteiger partial charge in [0.2, 0.25) is 5.95 Å². The van der Waals surface area contributed by atoms with Crippen molar-refractivity contribution in [3.8, 4) is 17.2 Å². The van der Waals surface area contributed by atoms with Gasteiger partial charge in [-0.15, -0.1) is 5.10 Å². The summed E-state index contributed by atoms with van der Waals surface area (Å²) in [5.41, 5.74) is 4.11. The zero-order valence-electron chi connectivity index (χ0n) is 22.9. The van der Waals surface area contributed by atoms with Crippen LogP contribution in [0.25, 0.3) is 16.6 Å². The van der Waals surface area contributed by atoms with Gasteiger partial charge < -0.3 is 24.4 Å². The van der Waals surface area contributed by atoms with Crippen LogP contribution < -0.4 is 24.4 Å². The van der Waals surface area contributed by atoms with Crippen molar-refractivity contribution < 1.29 is 18.6 Å². The molecule has 0 saturated carbocycles. The van der Waals surface area contributed by atoms with Crippen LogP contribution in [0.15, 0.2) is 36.5 Å². The zero-order valence-corrected chi connectivity index (χ0v) is 22.9. The number of aromatic nitrogens is 6. The molecule has 3 aromatic heterocycles. The molecular weight excluding hydrogens is 515 g/mol. The number of H-pyrrole nitrogens is 1. The first-order valence-corrected chi connectivity index (χ1v) is 13.1. The van der Waals surface area contributed by atoms with Crippen molar-refractivity contribution >= 4 is 28.2 Å². The molecule has 5 aromatic rings. The molecule has 1 fully saturated rings. The van der Waals surface area contributed by atoms with E-state index in [1.165, 1.54) is 13.2 Å². The molecule has 4 heterocycles. The number of aryl methyl sites for hydroxylation is 1. The van der Waals surface area contributed by atoms with E-state index in [4.69, 9.17) is 29.3 Å². The molecule has 40 heavy (non-hydrogen) atoms. The molecule has 208 valence electrons. The van der Waals surface area contributed by atoms with Crippen molar-refractivity contribution in [3.05, 3.63) is 59.4 Å². The normalized spacial score (nSPS) is 15.5. The van der Waals surface area contributed by atoms with Crippen molar-refractivity contribution in [2.75, 3.05) is 44.6 Å². The van der Waals surface area contributed by atoms with Crippen LogP contribution in [0.1, 0.15) is 35.8 Å². The largest absolute Gasteiger partial charge is 0.497 e. The number of methoxy groups -OCH3 is 3. The summed E-state index contributed by atoms with van der Waals surface area (Å²) in [6.07, 6.45) is 3.81. The Balaban J connectivity index is 1.40. The Labute approximate surface area is 230 Å². The highest BCUT2D eigenvalue weighted by Gasteiger charge is 2.27. The number of hydrogen-bond donors (Lipinski definition) is 2. The number of fused-ring (bicyclic) bond motifs is 3. The van der Waals surface area contributed by atoms with Crippen molar-refractivity contribution in [2.45, 2.75) is 32.2 Å². The molecule has 0 aliphatic carbocycles. The maximum absolute atomic E-state index is 14.8. The fourth-order valence-corrected chi connectivity index (χ4v) is 5.31. The van der Waals surface area contributed by atoms with E-state index in [9.17, 15) is 4.39 Å². The van der Waals surface area contributed by atoms with E-state index in [0.29, 0.717) is 46.4 Å². The monoisotopic (exact) mass is 546 g/mol. The number of piperidine rings is 1. The second-order valence-corrected chi connectivity index (χ2v) is 9.84. The van der Waals surface area contributed by atoms with Crippen LogP contribution in [0.4, 0.5) is 16.0 Å². The molecule has 12 heteroatoms. The minimum Gasteiger partial charge on any atom is -0.497 e. The first kappa shape index (κ1) is 25.7. The van der Waals surface area contributed by atoms with Crippen LogP contribution in [0.3, 0.4) is 0 Å². The van der Waals surface area contributed by atoms with Crippen molar-refractivity contribution in [2.24, 2.45) is 0 Å². The predicted molar refractivity (Wildman–Crippen MR) is 149 cm³/mol. The van der Waals surface area contributed by atoms with E-state index in [-0.39, 0.29) is 11.7 Å². The summed E-state index contributed by atoms with van der Waals surface area (Å²) in [4.78, 5) is 12.1. The van der Waals surface area contributed by atoms with Crippen LogP contribution in [0.5, 0.6) is 17.2 Å². The zero-order chi connectivity index (χ0) is 27.8. The van der Waals surface area contributed by atoms with Gasteiger partial charge in [-0.3, -0.25) is 5.10 Å². The van der Waals surface area contributed by atoms with Gasteiger partial charge in [-0.2, -0.15) is 9.61 Å². The summed E-state index contributed by atoms with van der Waals surface area (Å²) in [5, 5.41) is 16.1. The quantitative estimate of drug-likeness (QED) is 0.291. The van der Waals surface area contributed by atoms with Gasteiger partial charge in [-0.1, -0.05) is 0 Å². The van der Waals surface area contributed by atoms with Gasteiger partial charge in [0.1, 0.15) is 11.5 Å². The van der Waals surface area contributed by atoms with E-state index in [1.807, 2.05) is 31.3 Å². The fraction of sp³-hybridized carbons (Fsp3) is 0.357. The van der Waals surface area contributed by atoms with Gasteiger partial charge in [-0.05, 0) is 38.0 Å². The molecule has 0 bridgehead atoms. The summed E-state index contributed by atoms with van der Waals surface area (Å²) in [6, 6.07) is 8.64. The Morgan fingerprint density at radius 1 is 1.07 bits per heavy atom. The molecule has 2 N–H and O–H groups in total. The van der Waals surface area contributed by atoms with Crippen molar-refractivity contribution in [3.63, 3.8) is 0 Å². The number of hydrogen-bond acceptors (Lipinski definition) is 9. The molecule has 1 aliphatic heterocycles. The third-order valence-corrected chi connectivity index (χ3v) is 7.42. The van der Waals surface area contributed by atoms with Gasteiger partial charge in [0, 0.05) is 48.6 Å². The SMILES string of the molecule is COc1ccc(CNc2nc3cc(OC)c(F)cc3c3nc(C4CCCN(c5cn[nH]c5C)C4)nn23)c(OC)c1. The summed E-state index contributed by atoms with van der Waals surface area (Å²) < 4.78 is 32.6. The molecule has 0 radical (unpaired) electrons. The summed E-state index contributed by atoms with van der Waals surface area (Å²) in [6.45, 7) is 4.13. The molecule has 0 spiro atoms. The number of nitrogens with one attached hydrogen (secondary N) is 2. The first-order valence-electron chi connectivity index (χ1n) is 13.1. The molecule has 1 aliphatic rings. The predicted octanol–water partition coefficient (Wildman–Crippen LogP) is 4.47. The Bertz CT molecular complexity index is 1680. The number of anilines is 2.